The topological polar surface area (TPSA) is 58.2 Å². The lowest BCUT2D eigenvalue weighted by atomic mass is 10.0. The molecule has 24 heavy (non-hydrogen) atoms. The summed E-state index contributed by atoms with van der Waals surface area (Å²) in [6, 6.07) is 5.13. The van der Waals surface area contributed by atoms with Crippen LogP contribution in [0.2, 0.25) is 0 Å². The zero-order chi connectivity index (χ0) is 16.9. The molecule has 5 nitrogen and oxygen atoms in total. The van der Waals surface area contributed by atoms with Gasteiger partial charge in [-0.25, -0.2) is 13.8 Å². The first kappa shape index (κ1) is 16.7. The third kappa shape index (κ3) is 4.46. The Morgan fingerprint density at radius 2 is 2.21 bits per heavy atom. The van der Waals surface area contributed by atoms with Crippen LogP contribution in [0, 0.1) is 17.6 Å². The first-order chi connectivity index (χ1) is 11.6. The van der Waals surface area contributed by atoms with Crippen molar-refractivity contribution in [1.29, 1.82) is 0 Å². The summed E-state index contributed by atoms with van der Waals surface area (Å²) >= 11 is 0. The minimum Gasteiger partial charge on any atom is -0.380 e. The van der Waals surface area contributed by atoms with Crippen molar-refractivity contribution in [3.05, 3.63) is 63.8 Å². The molecule has 0 spiro atoms. The molecule has 128 valence electrons. The van der Waals surface area contributed by atoms with E-state index in [1.165, 1.54) is 24.5 Å². The zero-order valence-electron chi connectivity index (χ0n) is 13.2. The molecule has 0 radical (unpaired) electrons. The van der Waals surface area contributed by atoms with Crippen LogP contribution in [0.5, 0.6) is 0 Å². The maximum absolute atomic E-state index is 13.8. The van der Waals surface area contributed by atoms with Gasteiger partial charge in [0, 0.05) is 48.9 Å². The van der Waals surface area contributed by atoms with Crippen molar-refractivity contribution in [2.45, 2.75) is 13.0 Å². The Balaban J connectivity index is 1.67. The van der Waals surface area contributed by atoms with Crippen molar-refractivity contribution in [3.8, 4) is 0 Å². The number of hydrogen-bond donors (Lipinski definition) is 1. The van der Waals surface area contributed by atoms with Gasteiger partial charge in [-0.3, -0.25) is 9.69 Å². The van der Waals surface area contributed by atoms with E-state index in [2.05, 4.69) is 14.9 Å². The Morgan fingerprint density at radius 3 is 3.00 bits per heavy atom. The molecular weight excluding hydrogens is 316 g/mol. The lowest BCUT2D eigenvalue weighted by molar-refractivity contribution is 0.121. The fourth-order valence-corrected chi connectivity index (χ4v) is 2.93. The number of ether oxygens (including phenoxy) is 1. The number of aromatic amines is 1. The summed E-state index contributed by atoms with van der Waals surface area (Å²) < 4.78 is 32.5. The summed E-state index contributed by atoms with van der Waals surface area (Å²) in [6.07, 6.45) is 2.01. The molecule has 1 aromatic carbocycles. The summed E-state index contributed by atoms with van der Waals surface area (Å²) in [7, 11) is 0. The molecule has 0 saturated carbocycles. The number of H-pyrrole nitrogens is 1. The zero-order valence-corrected chi connectivity index (χ0v) is 13.2. The van der Waals surface area contributed by atoms with E-state index in [9.17, 15) is 13.6 Å². The highest BCUT2D eigenvalue weighted by atomic mass is 19.1. The van der Waals surface area contributed by atoms with Gasteiger partial charge in [0.2, 0.25) is 0 Å². The van der Waals surface area contributed by atoms with E-state index in [0.29, 0.717) is 50.5 Å². The quantitative estimate of drug-likeness (QED) is 0.925. The number of nitrogens with zero attached hydrogens (tertiary/aromatic N) is 2. The van der Waals surface area contributed by atoms with Crippen molar-refractivity contribution in [2.24, 2.45) is 5.92 Å². The minimum absolute atomic E-state index is 0.158. The largest absolute Gasteiger partial charge is 0.380 e. The molecule has 0 unspecified atom stereocenters. The van der Waals surface area contributed by atoms with Crippen LogP contribution in [0.4, 0.5) is 8.78 Å². The highest BCUT2D eigenvalue weighted by Gasteiger charge is 2.20. The third-order valence-corrected chi connectivity index (χ3v) is 4.06. The first-order valence-corrected chi connectivity index (χ1v) is 7.88. The molecule has 0 aliphatic carbocycles. The lowest BCUT2D eigenvalue weighted by Gasteiger charge is -2.23. The van der Waals surface area contributed by atoms with Gasteiger partial charge in [-0.15, -0.1) is 0 Å². The molecule has 1 atom stereocenters. The van der Waals surface area contributed by atoms with E-state index >= 15 is 0 Å². The van der Waals surface area contributed by atoms with Gasteiger partial charge in [0.05, 0.1) is 19.5 Å². The molecule has 1 saturated heterocycles. The Kier molecular flexibility index (Phi) is 5.32. The molecule has 2 heterocycles. The number of hydrogen-bond acceptors (Lipinski definition) is 4. The third-order valence-electron chi connectivity index (χ3n) is 4.06. The normalized spacial score (nSPS) is 19.2. The molecule has 1 aliphatic rings. The second kappa shape index (κ2) is 7.63. The van der Waals surface area contributed by atoms with Gasteiger partial charge in [0.25, 0.3) is 5.56 Å². The first-order valence-electron chi connectivity index (χ1n) is 7.88. The van der Waals surface area contributed by atoms with E-state index in [1.54, 1.807) is 0 Å². The van der Waals surface area contributed by atoms with Crippen LogP contribution in [0.15, 0.2) is 35.4 Å². The van der Waals surface area contributed by atoms with Gasteiger partial charge in [0.15, 0.2) is 0 Å². The van der Waals surface area contributed by atoms with Gasteiger partial charge >= 0.3 is 0 Å². The Bertz CT molecular complexity index is 751. The molecular formula is C17H19F2N3O2. The van der Waals surface area contributed by atoms with Crippen LogP contribution in [-0.4, -0.2) is 41.2 Å². The van der Waals surface area contributed by atoms with Crippen molar-refractivity contribution in [1.82, 2.24) is 14.9 Å². The lowest BCUT2D eigenvalue weighted by Crippen LogP contribution is -2.31. The van der Waals surface area contributed by atoms with E-state index < -0.39 is 11.6 Å². The van der Waals surface area contributed by atoms with Crippen molar-refractivity contribution in [3.63, 3.8) is 0 Å². The van der Waals surface area contributed by atoms with E-state index in [-0.39, 0.29) is 11.5 Å². The van der Waals surface area contributed by atoms with Crippen LogP contribution in [0.3, 0.4) is 0 Å². The smallest absolute Gasteiger partial charge is 0.250 e. The van der Waals surface area contributed by atoms with Crippen molar-refractivity contribution in [2.75, 3.05) is 26.3 Å². The molecule has 1 aromatic heterocycles. The molecule has 2 aromatic rings. The highest BCUT2D eigenvalue weighted by Crippen LogP contribution is 2.17. The molecule has 3 rings (SSSR count). The maximum Gasteiger partial charge on any atom is 0.250 e. The predicted octanol–water partition coefficient (Wildman–Crippen LogP) is 1.74. The number of rotatable bonds is 4. The second-order valence-corrected chi connectivity index (χ2v) is 6.02. The average molecular weight is 335 g/mol. The minimum atomic E-state index is -0.575. The number of nitrogens with one attached hydrogen (secondary N) is 1. The molecule has 1 N–H and O–H groups in total. The standard InChI is InChI=1S/C17H19F2N3O2/c18-14-2-1-13(16(19)6-14)9-22-3-4-24-10-12(8-22)5-15-7-17(23)21-11-20-15/h1-2,6-7,11-12H,3-5,8-10H2,(H,20,21,23)/t12-/m1/s1. The van der Waals surface area contributed by atoms with Crippen LogP contribution in [0.25, 0.3) is 0 Å². The molecule has 1 aliphatic heterocycles. The summed E-state index contributed by atoms with van der Waals surface area (Å²) in [4.78, 5) is 20.1. The van der Waals surface area contributed by atoms with Crippen LogP contribution in [0.1, 0.15) is 11.3 Å². The molecule has 7 heteroatoms. The van der Waals surface area contributed by atoms with Gasteiger partial charge in [-0.2, -0.15) is 0 Å². The van der Waals surface area contributed by atoms with Gasteiger partial charge in [0.1, 0.15) is 11.6 Å². The predicted molar refractivity (Wildman–Crippen MR) is 84.5 cm³/mol. The fraction of sp³-hybridized carbons (Fsp3) is 0.412. The summed E-state index contributed by atoms with van der Waals surface area (Å²) in [5.41, 5.74) is 0.994. The van der Waals surface area contributed by atoms with Gasteiger partial charge in [-0.05, 0) is 12.5 Å². The Morgan fingerprint density at radius 1 is 1.33 bits per heavy atom. The van der Waals surface area contributed by atoms with Crippen LogP contribution >= 0.6 is 0 Å². The van der Waals surface area contributed by atoms with Crippen molar-refractivity contribution >= 4 is 0 Å². The molecule has 1 fully saturated rings. The van der Waals surface area contributed by atoms with Crippen LogP contribution < -0.4 is 5.56 Å². The monoisotopic (exact) mass is 335 g/mol. The van der Waals surface area contributed by atoms with E-state index in [4.69, 9.17) is 4.74 Å². The average Bonchev–Trinajstić information content (AvgIpc) is 2.75. The molecule has 0 amide bonds. The highest BCUT2D eigenvalue weighted by molar-refractivity contribution is 5.18. The summed E-state index contributed by atoms with van der Waals surface area (Å²) in [5.74, 6) is -0.952. The fourth-order valence-electron chi connectivity index (χ4n) is 2.93. The number of benzene rings is 1. The number of halogens is 2. The molecule has 0 bridgehead atoms. The summed E-state index contributed by atoms with van der Waals surface area (Å²) in [5, 5.41) is 0. The second-order valence-electron chi connectivity index (χ2n) is 6.02. The maximum atomic E-state index is 13.8. The van der Waals surface area contributed by atoms with E-state index in [0.717, 1.165) is 6.07 Å². The summed E-state index contributed by atoms with van der Waals surface area (Å²) in [6.45, 7) is 2.90. The van der Waals surface area contributed by atoms with Gasteiger partial charge < -0.3 is 9.72 Å². The van der Waals surface area contributed by atoms with E-state index in [1.807, 2.05) is 0 Å². The van der Waals surface area contributed by atoms with Gasteiger partial charge in [-0.1, -0.05) is 6.07 Å². The van der Waals surface area contributed by atoms with Crippen molar-refractivity contribution < 1.29 is 13.5 Å². The Labute approximate surface area is 138 Å². The number of aromatic nitrogens is 2. The van der Waals surface area contributed by atoms with Crippen LogP contribution in [-0.2, 0) is 17.7 Å². The SMILES string of the molecule is O=c1cc(C[C@H]2COCCN(Cc3ccc(F)cc3F)C2)nc[nH]1. The Hall–Kier alpha value is -2.12.